The molecule has 0 aliphatic heterocycles. The second-order valence-electron chi connectivity index (χ2n) is 7.13. The highest BCUT2D eigenvalue weighted by Crippen LogP contribution is 2.37. The first-order chi connectivity index (χ1) is 13.4. The van der Waals surface area contributed by atoms with Crippen molar-refractivity contribution in [1.29, 1.82) is 5.53 Å². The second kappa shape index (κ2) is 10.4. The molecule has 1 fully saturated rings. The first-order valence-corrected chi connectivity index (χ1v) is 9.95. The van der Waals surface area contributed by atoms with Gasteiger partial charge in [-0.3, -0.25) is 15.4 Å². The molecular weight excluding hydrogens is 380 g/mol. The molecule has 2 unspecified atom stereocenters. The molecule has 1 aliphatic carbocycles. The Hall–Kier alpha value is -2.19. The topological polar surface area (TPSA) is 110 Å². The van der Waals surface area contributed by atoms with E-state index in [0.29, 0.717) is 23.0 Å². The average Bonchev–Trinajstić information content (AvgIpc) is 3.20. The van der Waals surface area contributed by atoms with E-state index in [-0.39, 0.29) is 12.1 Å². The standard InChI is InChI=1S/C19H29ClN6O2/c1-12(22-2)26(25-21)17-9-8-14(11-16(17)20)15(10-13-6-4-5-7-13)18(27)24-19(28)23-3/h8-9,11-13,15,21-22H,4-7,10H2,1-3H3,(H2,23,24,27,28). The van der Waals surface area contributed by atoms with Crippen molar-refractivity contribution in [2.75, 3.05) is 19.1 Å². The van der Waals surface area contributed by atoms with Crippen molar-refractivity contribution < 1.29 is 9.59 Å². The predicted molar refractivity (Wildman–Crippen MR) is 110 cm³/mol. The Morgan fingerprint density at radius 2 is 2.00 bits per heavy atom. The maximum absolute atomic E-state index is 12.8. The monoisotopic (exact) mass is 408 g/mol. The third-order valence-corrected chi connectivity index (χ3v) is 5.64. The summed E-state index contributed by atoms with van der Waals surface area (Å²) < 4.78 is 0. The summed E-state index contributed by atoms with van der Waals surface area (Å²) in [7, 11) is 3.24. The van der Waals surface area contributed by atoms with Crippen LogP contribution >= 0.6 is 11.6 Å². The zero-order chi connectivity index (χ0) is 20.7. The van der Waals surface area contributed by atoms with Gasteiger partial charge in [-0.25, -0.2) is 9.80 Å². The van der Waals surface area contributed by atoms with Crippen LogP contribution < -0.4 is 21.0 Å². The van der Waals surface area contributed by atoms with E-state index in [0.717, 1.165) is 18.4 Å². The molecule has 154 valence electrons. The summed E-state index contributed by atoms with van der Waals surface area (Å²) in [4.78, 5) is 24.4. The van der Waals surface area contributed by atoms with Crippen LogP contribution in [0.1, 0.15) is 50.5 Å². The zero-order valence-corrected chi connectivity index (χ0v) is 17.3. The van der Waals surface area contributed by atoms with Gasteiger partial charge in [0, 0.05) is 7.05 Å². The van der Waals surface area contributed by atoms with Crippen LogP contribution in [0.4, 0.5) is 10.5 Å². The van der Waals surface area contributed by atoms with Gasteiger partial charge in [0.2, 0.25) is 5.91 Å². The van der Waals surface area contributed by atoms with Crippen molar-refractivity contribution >= 4 is 29.2 Å². The van der Waals surface area contributed by atoms with E-state index in [1.54, 1.807) is 19.2 Å². The van der Waals surface area contributed by atoms with Crippen LogP contribution in [-0.2, 0) is 4.79 Å². The van der Waals surface area contributed by atoms with Gasteiger partial charge in [0.05, 0.1) is 16.6 Å². The fourth-order valence-electron chi connectivity index (χ4n) is 3.63. The summed E-state index contributed by atoms with van der Waals surface area (Å²) in [6.07, 6.45) is 5.01. The lowest BCUT2D eigenvalue weighted by atomic mass is 9.87. The fraction of sp³-hybridized carbons (Fsp3) is 0.579. The molecule has 1 saturated carbocycles. The molecule has 0 spiro atoms. The molecule has 0 aromatic heterocycles. The molecule has 9 heteroatoms. The van der Waals surface area contributed by atoms with Crippen LogP contribution in [-0.4, -0.2) is 32.2 Å². The highest BCUT2D eigenvalue weighted by atomic mass is 35.5. The lowest BCUT2D eigenvalue weighted by molar-refractivity contribution is -0.121. The second-order valence-corrected chi connectivity index (χ2v) is 7.53. The SMILES string of the molecule is CNC(=O)NC(=O)C(CC1CCCC1)c1ccc(N(N=N)C(C)NC)c(Cl)c1. The Bertz CT molecular complexity index is 708. The van der Waals surface area contributed by atoms with Gasteiger partial charge in [-0.15, -0.1) is 0 Å². The summed E-state index contributed by atoms with van der Waals surface area (Å²) in [5.74, 6) is -0.335. The predicted octanol–water partition coefficient (Wildman–Crippen LogP) is 3.78. The largest absolute Gasteiger partial charge is 0.341 e. The zero-order valence-electron chi connectivity index (χ0n) is 16.6. The number of carbonyl (C=O) groups excluding carboxylic acids is 2. The summed E-state index contributed by atoms with van der Waals surface area (Å²) in [6.45, 7) is 1.86. The number of halogens is 1. The van der Waals surface area contributed by atoms with Gasteiger partial charge in [-0.1, -0.05) is 48.6 Å². The molecule has 1 aromatic carbocycles. The van der Waals surface area contributed by atoms with Gasteiger partial charge in [0.1, 0.15) is 6.17 Å². The molecule has 28 heavy (non-hydrogen) atoms. The number of urea groups is 1. The van der Waals surface area contributed by atoms with Gasteiger partial charge in [0.25, 0.3) is 0 Å². The number of nitrogens with one attached hydrogen (secondary N) is 4. The van der Waals surface area contributed by atoms with Gasteiger partial charge in [-0.05, 0) is 44.0 Å². The minimum absolute atomic E-state index is 0.216. The maximum Gasteiger partial charge on any atom is 0.321 e. The van der Waals surface area contributed by atoms with E-state index in [9.17, 15) is 9.59 Å². The van der Waals surface area contributed by atoms with Crippen LogP contribution in [0, 0.1) is 11.4 Å². The summed E-state index contributed by atoms with van der Waals surface area (Å²) in [5.41, 5.74) is 8.76. The smallest absolute Gasteiger partial charge is 0.321 e. The first kappa shape index (κ1) is 22.1. The van der Waals surface area contributed by atoms with Gasteiger partial charge < -0.3 is 5.32 Å². The fourth-order valence-corrected chi connectivity index (χ4v) is 3.91. The maximum atomic E-state index is 12.8. The van der Waals surface area contributed by atoms with Crippen molar-refractivity contribution in [2.45, 2.75) is 51.1 Å². The molecule has 0 bridgehead atoms. The molecule has 8 nitrogen and oxygen atoms in total. The molecule has 4 N–H and O–H groups in total. The number of benzene rings is 1. The molecular formula is C19H29ClN6O2. The van der Waals surface area contributed by atoms with Crippen LogP contribution in [0.5, 0.6) is 0 Å². The van der Waals surface area contributed by atoms with Crippen molar-refractivity contribution in [3.05, 3.63) is 28.8 Å². The number of amides is 3. The number of hydrogen-bond donors (Lipinski definition) is 4. The van der Waals surface area contributed by atoms with Crippen molar-refractivity contribution in [3.8, 4) is 0 Å². The van der Waals surface area contributed by atoms with E-state index in [1.807, 2.05) is 13.0 Å². The quantitative estimate of drug-likeness (QED) is 0.298. The number of imide groups is 1. The van der Waals surface area contributed by atoms with Crippen LogP contribution in [0.15, 0.2) is 23.4 Å². The minimum atomic E-state index is -0.522. The van der Waals surface area contributed by atoms with Crippen molar-refractivity contribution in [1.82, 2.24) is 16.0 Å². The molecule has 3 amide bonds. The third-order valence-electron chi connectivity index (χ3n) is 5.34. The normalized spacial score (nSPS) is 16.3. The number of hydrogen-bond acceptors (Lipinski definition) is 5. The summed E-state index contributed by atoms with van der Waals surface area (Å²) in [5, 5.41) is 13.2. The molecule has 0 radical (unpaired) electrons. The molecule has 2 rings (SSSR count). The molecule has 1 aromatic rings. The van der Waals surface area contributed by atoms with E-state index in [4.69, 9.17) is 17.1 Å². The molecule has 1 aliphatic rings. The van der Waals surface area contributed by atoms with Gasteiger partial charge in [-0.2, -0.15) is 5.53 Å². The van der Waals surface area contributed by atoms with Crippen LogP contribution in [0.3, 0.4) is 0 Å². The highest BCUT2D eigenvalue weighted by Gasteiger charge is 2.28. The Balaban J connectivity index is 2.30. The van der Waals surface area contributed by atoms with Crippen LogP contribution in [0.25, 0.3) is 0 Å². The molecule has 0 saturated heterocycles. The van der Waals surface area contributed by atoms with Crippen molar-refractivity contribution in [2.24, 2.45) is 11.1 Å². The van der Waals surface area contributed by atoms with E-state index in [2.05, 4.69) is 21.2 Å². The number of anilines is 1. The average molecular weight is 409 g/mol. The lowest BCUT2D eigenvalue weighted by Crippen LogP contribution is -2.40. The number of rotatable bonds is 8. The first-order valence-electron chi connectivity index (χ1n) is 9.57. The lowest BCUT2D eigenvalue weighted by Gasteiger charge is -2.26. The van der Waals surface area contributed by atoms with Crippen LogP contribution in [0.2, 0.25) is 5.02 Å². The van der Waals surface area contributed by atoms with Gasteiger partial charge in [0.15, 0.2) is 0 Å². The Labute approximate surface area is 170 Å². The molecule has 2 atom stereocenters. The van der Waals surface area contributed by atoms with Crippen molar-refractivity contribution in [3.63, 3.8) is 0 Å². The Morgan fingerprint density at radius 1 is 1.32 bits per heavy atom. The number of nitrogens with zero attached hydrogens (tertiary/aromatic N) is 2. The van der Waals surface area contributed by atoms with Gasteiger partial charge >= 0.3 is 6.03 Å². The molecule has 0 heterocycles. The Morgan fingerprint density at radius 3 is 2.54 bits per heavy atom. The van der Waals surface area contributed by atoms with E-state index >= 15 is 0 Å². The number of carbonyl (C=O) groups is 2. The third kappa shape index (κ3) is 5.42. The van der Waals surface area contributed by atoms with E-state index < -0.39 is 11.9 Å². The summed E-state index contributed by atoms with van der Waals surface area (Å²) in [6, 6.07) is 4.80. The Kier molecular flexibility index (Phi) is 8.19. The van der Waals surface area contributed by atoms with E-state index in [1.165, 1.54) is 24.9 Å². The highest BCUT2D eigenvalue weighted by molar-refractivity contribution is 6.33. The minimum Gasteiger partial charge on any atom is -0.341 e. The summed E-state index contributed by atoms with van der Waals surface area (Å²) >= 11 is 6.48.